The minimum atomic E-state index is -0.716. The van der Waals surface area contributed by atoms with Gasteiger partial charge < -0.3 is 16.4 Å². The van der Waals surface area contributed by atoms with Crippen molar-refractivity contribution in [1.82, 2.24) is 0 Å². The Morgan fingerprint density at radius 1 is 1.04 bits per heavy atom. The SMILES string of the molecule is NC(=O)Nc1sc(-c2ccc(N3CCCCC3)cc2)cc1C(N)=O. The van der Waals surface area contributed by atoms with Gasteiger partial charge in [-0.25, -0.2) is 4.79 Å². The average molecular weight is 344 g/mol. The molecule has 0 bridgehead atoms. The molecule has 24 heavy (non-hydrogen) atoms. The number of rotatable bonds is 4. The van der Waals surface area contributed by atoms with Crippen LogP contribution in [0.1, 0.15) is 29.6 Å². The predicted molar refractivity (Wildman–Crippen MR) is 97.5 cm³/mol. The number of hydrogen-bond acceptors (Lipinski definition) is 4. The highest BCUT2D eigenvalue weighted by Gasteiger charge is 2.16. The Balaban J connectivity index is 1.85. The van der Waals surface area contributed by atoms with Crippen LogP contribution in [-0.4, -0.2) is 25.0 Å². The van der Waals surface area contributed by atoms with Crippen molar-refractivity contribution in [2.24, 2.45) is 11.5 Å². The molecule has 1 aromatic heterocycles. The lowest BCUT2D eigenvalue weighted by molar-refractivity contribution is 0.100. The lowest BCUT2D eigenvalue weighted by atomic mass is 10.1. The second-order valence-electron chi connectivity index (χ2n) is 5.80. The monoisotopic (exact) mass is 344 g/mol. The van der Waals surface area contributed by atoms with E-state index >= 15 is 0 Å². The van der Waals surface area contributed by atoms with Crippen molar-refractivity contribution in [3.05, 3.63) is 35.9 Å². The number of piperidine rings is 1. The summed E-state index contributed by atoms with van der Waals surface area (Å²) in [5, 5.41) is 2.84. The molecule has 3 rings (SSSR count). The molecule has 1 aromatic carbocycles. The number of nitrogens with zero attached hydrogens (tertiary/aromatic N) is 1. The Labute approximate surface area is 144 Å². The number of hydrogen-bond donors (Lipinski definition) is 3. The van der Waals surface area contributed by atoms with Gasteiger partial charge in [0.05, 0.1) is 5.56 Å². The maximum Gasteiger partial charge on any atom is 0.317 e. The van der Waals surface area contributed by atoms with E-state index in [1.807, 2.05) is 12.1 Å². The van der Waals surface area contributed by atoms with Crippen LogP contribution in [0, 0.1) is 0 Å². The van der Waals surface area contributed by atoms with E-state index in [1.165, 1.54) is 36.3 Å². The highest BCUT2D eigenvalue weighted by atomic mass is 32.1. The number of nitrogens with one attached hydrogen (secondary N) is 1. The first-order valence-electron chi connectivity index (χ1n) is 7.90. The molecule has 6 nitrogen and oxygen atoms in total. The van der Waals surface area contributed by atoms with E-state index in [2.05, 4.69) is 22.3 Å². The fourth-order valence-corrected chi connectivity index (χ4v) is 3.98. The molecule has 7 heteroatoms. The van der Waals surface area contributed by atoms with Crippen LogP contribution >= 0.6 is 11.3 Å². The van der Waals surface area contributed by atoms with Gasteiger partial charge in [-0.05, 0) is 43.0 Å². The van der Waals surface area contributed by atoms with E-state index in [0.29, 0.717) is 5.00 Å². The quantitative estimate of drug-likeness (QED) is 0.794. The van der Waals surface area contributed by atoms with Crippen molar-refractivity contribution in [2.45, 2.75) is 19.3 Å². The van der Waals surface area contributed by atoms with Gasteiger partial charge in [0.1, 0.15) is 5.00 Å². The Morgan fingerprint density at radius 3 is 2.29 bits per heavy atom. The second-order valence-corrected chi connectivity index (χ2v) is 6.85. The molecule has 0 spiro atoms. The van der Waals surface area contributed by atoms with Crippen LogP contribution in [0.25, 0.3) is 10.4 Å². The fraction of sp³-hybridized carbons (Fsp3) is 0.294. The van der Waals surface area contributed by atoms with Gasteiger partial charge in [-0.1, -0.05) is 12.1 Å². The first-order chi connectivity index (χ1) is 11.5. The third-order valence-electron chi connectivity index (χ3n) is 4.11. The van der Waals surface area contributed by atoms with Crippen LogP contribution in [0.2, 0.25) is 0 Å². The van der Waals surface area contributed by atoms with E-state index in [0.717, 1.165) is 23.5 Å². The van der Waals surface area contributed by atoms with Crippen LogP contribution in [0.5, 0.6) is 0 Å². The van der Waals surface area contributed by atoms with Gasteiger partial charge in [-0.15, -0.1) is 11.3 Å². The predicted octanol–water partition coefficient (Wildman–Crippen LogP) is 2.99. The largest absolute Gasteiger partial charge is 0.372 e. The molecule has 1 fully saturated rings. The van der Waals surface area contributed by atoms with Gasteiger partial charge in [0.25, 0.3) is 5.91 Å². The number of primary amides is 2. The zero-order valence-electron chi connectivity index (χ0n) is 13.2. The van der Waals surface area contributed by atoms with E-state index in [4.69, 9.17) is 11.5 Å². The van der Waals surface area contributed by atoms with Gasteiger partial charge in [-0.3, -0.25) is 10.1 Å². The first kappa shape index (κ1) is 16.3. The maximum absolute atomic E-state index is 11.5. The van der Waals surface area contributed by atoms with Crippen molar-refractivity contribution in [2.75, 3.05) is 23.3 Å². The van der Waals surface area contributed by atoms with Crippen LogP contribution in [0.3, 0.4) is 0 Å². The minimum absolute atomic E-state index is 0.272. The Bertz CT molecular complexity index is 748. The average Bonchev–Trinajstić information content (AvgIpc) is 2.99. The standard InChI is InChI=1S/C17H20N4O2S/c18-15(22)13-10-14(24-16(13)20-17(19)23)11-4-6-12(7-5-11)21-8-2-1-3-9-21/h4-7,10H,1-3,8-9H2,(H2,18,22)(H3,19,20,23). The minimum Gasteiger partial charge on any atom is -0.372 e. The summed E-state index contributed by atoms with van der Waals surface area (Å²) in [7, 11) is 0. The molecule has 0 radical (unpaired) electrons. The number of carbonyl (C=O) groups excluding carboxylic acids is 2. The Morgan fingerprint density at radius 2 is 1.71 bits per heavy atom. The first-order valence-corrected chi connectivity index (χ1v) is 8.72. The maximum atomic E-state index is 11.5. The molecule has 2 aromatic rings. The van der Waals surface area contributed by atoms with Gasteiger partial charge in [0.2, 0.25) is 0 Å². The summed E-state index contributed by atoms with van der Waals surface area (Å²) in [4.78, 5) is 25.9. The lowest BCUT2D eigenvalue weighted by Gasteiger charge is -2.28. The summed E-state index contributed by atoms with van der Waals surface area (Å²) in [6, 6.07) is 9.19. The normalized spacial score (nSPS) is 14.4. The number of anilines is 2. The molecule has 3 amide bonds. The zero-order chi connectivity index (χ0) is 17.1. The summed E-state index contributed by atoms with van der Waals surface area (Å²) in [5.74, 6) is -0.591. The number of urea groups is 1. The van der Waals surface area contributed by atoms with Gasteiger partial charge in [0, 0.05) is 23.7 Å². The van der Waals surface area contributed by atoms with Crippen molar-refractivity contribution < 1.29 is 9.59 Å². The highest BCUT2D eigenvalue weighted by Crippen LogP contribution is 2.36. The summed E-state index contributed by atoms with van der Waals surface area (Å²) >= 11 is 1.28. The summed E-state index contributed by atoms with van der Waals surface area (Å²) in [6.45, 7) is 2.19. The number of amides is 3. The molecule has 1 aliphatic heterocycles. The molecule has 0 unspecified atom stereocenters. The molecule has 1 saturated heterocycles. The van der Waals surface area contributed by atoms with E-state index in [-0.39, 0.29) is 5.56 Å². The Kier molecular flexibility index (Phi) is 4.71. The van der Waals surface area contributed by atoms with Gasteiger partial charge >= 0.3 is 6.03 Å². The van der Waals surface area contributed by atoms with Crippen LogP contribution in [0.4, 0.5) is 15.5 Å². The zero-order valence-corrected chi connectivity index (χ0v) is 14.1. The second kappa shape index (κ2) is 6.92. The number of nitrogens with two attached hydrogens (primary N) is 2. The highest BCUT2D eigenvalue weighted by molar-refractivity contribution is 7.20. The van der Waals surface area contributed by atoms with Crippen molar-refractivity contribution in [1.29, 1.82) is 0 Å². The fourth-order valence-electron chi connectivity index (χ4n) is 2.91. The summed E-state index contributed by atoms with van der Waals surface area (Å²) in [6.07, 6.45) is 3.77. The molecule has 0 atom stereocenters. The van der Waals surface area contributed by atoms with Crippen LogP contribution < -0.4 is 21.7 Å². The molecule has 2 heterocycles. The smallest absolute Gasteiger partial charge is 0.317 e. The van der Waals surface area contributed by atoms with E-state index < -0.39 is 11.9 Å². The third-order valence-corrected chi connectivity index (χ3v) is 5.21. The van der Waals surface area contributed by atoms with Crippen molar-refractivity contribution in [3.63, 3.8) is 0 Å². The molecule has 0 aliphatic carbocycles. The van der Waals surface area contributed by atoms with Crippen molar-refractivity contribution in [3.8, 4) is 10.4 Å². The van der Waals surface area contributed by atoms with E-state index in [1.54, 1.807) is 6.07 Å². The van der Waals surface area contributed by atoms with Gasteiger partial charge in [0.15, 0.2) is 0 Å². The van der Waals surface area contributed by atoms with Crippen LogP contribution in [0.15, 0.2) is 30.3 Å². The topological polar surface area (TPSA) is 101 Å². The summed E-state index contributed by atoms with van der Waals surface area (Å²) < 4.78 is 0. The molecule has 0 saturated carbocycles. The number of carbonyl (C=O) groups is 2. The molecule has 1 aliphatic rings. The number of thiophene rings is 1. The molecular weight excluding hydrogens is 324 g/mol. The molecule has 126 valence electrons. The third kappa shape index (κ3) is 3.51. The van der Waals surface area contributed by atoms with E-state index in [9.17, 15) is 9.59 Å². The summed E-state index contributed by atoms with van der Waals surface area (Å²) in [5.41, 5.74) is 13.0. The molecular formula is C17H20N4O2S. The van der Waals surface area contributed by atoms with Gasteiger partial charge in [-0.2, -0.15) is 0 Å². The number of benzene rings is 1. The Hall–Kier alpha value is -2.54. The van der Waals surface area contributed by atoms with Crippen LogP contribution in [-0.2, 0) is 0 Å². The van der Waals surface area contributed by atoms with Crippen molar-refractivity contribution >= 4 is 34.0 Å². The molecule has 5 N–H and O–H groups in total. The lowest BCUT2D eigenvalue weighted by Crippen LogP contribution is -2.29.